The number of thiophene rings is 2. The smallest absolute Gasteiger partial charge is 0.400 e. The van der Waals surface area contributed by atoms with Crippen molar-refractivity contribution < 1.29 is 49.5 Å². The molecule has 1 saturated heterocycles. The van der Waals surface area contributed by atoms with Gasteiger partial charge in [0.1, 0.15) is 0 Å². The Morgan fingerprint density at radius 1 is 0.423 bits per heavy atom. The van der Waals surface area contributed by atoms with Crippen LogP contribution in [-0.4, -0.2) is 38.3 Å². The van der Waals surface area contributed by atoms with Gasteiger partial charge in [-0.1, -0.05) is 90.5 Å². The summed E-state index contributed by atoms with van der Waals surface area (Å²) in [5.41, 5.74) is 10.7. The zero-order valence-electron chi connectivity index (χ0n) is 43.1. The fraction of sp³-hybridized carbons (Fsp3) is 0.0909. The summed E-state index contributed by atoms with van der Waals surface area (Å²) in [5, 5.41) is 6.96. The second-order valence-electron chi connectivity index (χ2n) is 18.3. The predicted molar refractivity (Wildman–Crippen MR) is 320 cm³/mol. The maximum atomic E-state index is 6.08. The number of nitrogens with zero attached hydrogens (tertiary/aromatic N) is 4. The molecule has 2 radical (unpaired) electrons. The van der Waals surface area contributed by atoms with Crippen LogP contribution in [0.1, 0.15) is 27.7 Å². The number of hydrogen-bond acceptors (Lipinski definition) is 8. The van der Waals surface area contributed by atoms with Gasteiger partial charge in [0.2, 0.25) is 0 Å². The van der Waals surface area contributed by atoms with E-state index in [0.717, 1.165) is 50.5 Å². The average Bonchev–Trinajstić information content (AvgIpc) is 4.22. The number of halogens is 1. The van der Waals surface area contributed by atoms with Crippen LogP contribution in [0, 0.1) is 24.3 Å². The summed E-state index contributed by atoms with van der Waals surface area (Å²) in [5.74, 6) is 0. The van der Waals surface area contributed by atoms with E-state index in [1.807, 2.05) is 152 Å². The predicted octanol–water partition coefficient (Wildman–Crippen LogP) is 17.0. The van der Waals surface area contributed by atoms with E-state index in [1.54, 1.807) is 41.3 Å². The van der Waals surface area contributed by atoms with E-state index in [0.29, 0.717) is 0 Å². The number of fused-ring (bicyclic) bond motifs is 2. The van der Waals surface area contributed by atoms with Crippen LogP contribution in [0.2, 0.25) is 0 Å². The molecule has 0 bridgehead atoms. The van der Waals surface area contributed by atoms with E-state index >= 15 is 0 Å². The Hall–Kier alpha value is -6.40. The first-order chi connectivity index (χ1) is 37.1. The zero-order chi connectivity index (χ0) is 52.6. The summed E-state index contributed by atoms with van der Waals surface area (Å²) < 4.78 is 16.0. The van der Waals surface area contributed by atoms with Gasteiger partial charge in [0.15, 0.2) is 0 Å². The van der Waals surface area contributed by atoms with Gasteiger partial charge in [0.05, 0.1) is 11.2 Å². The quantitative estimate of drug-likeness (QED) is 0.122. The van der Waals surface area contributed by atoms with Crippen molar-refractivity contribution in [2.75, 3.05) is 0 Å². The summed E-state index contributed by atoms with van der Waals surface area (Å²) in [6, 6.07) is 81.0. The number of hydrogen-bond donors (Lipinski definition) is 0. The van der Waals surface area contributed by atoms with Crippen molar-refractivity contribution in [3.8, 4) is 56.2 Å². The molecule has 6 nitrogen and oxygen atoms in total. The molecule has 0 unspecified atom stereocenters. The number of benzene rings is 6. The maximum Gasteiger partial charge on any atom is 0.475 e. The molecule has 12 heteroatoms. The van der Waals surface area contributed by atoms with Gasteiger partial charge in [-0.25, -0.2) is 0 Å². The van der Waals surface area contributed by atoms with Gasteiger partial charge in [0, 0.05) is 89.6 Å². The van der Waals surface area contributed by atoms with Crippen LogP contribution in [0.15, 0.2) is 246 Å². The normalized spacial score (nSPS) is 12.6. The first-order valence-electron chi connectivity index (χ1n) is 24.7. The largest absolute Gasteiger partial charge is 0.475 e. The molecule has 0 atom stereocenters. The van der Waals surface area contributed by atoms with Crippen molar-refractivity contribution in [2.45, 2.75) is 38.9 Å². The Bertz CT molecular complexity index is 3530. The Morgan fingerprint density at radius 2 is 0.833 bits per heavy atom. The minimum Gasteiger partial charge on any atom is -0.400 e. The van der Waals surface area contributed by atoms with Crippen molar-refractivity contribution >= 4 is 71.4 Å². The molecule has 0 saturated carbocycles. The van der Waals surface area contributed by atoms with Crippen LogP contribution < -0.4 is 5.46 Å². The third-order valence-corrected chi connectivity index (χ3v) is 15.4. The van der Waals surface area contributed by atoms with Crippen molar-refractivity contribution in [3.05, 3.63) is 271 Å². The minimum atomic E-state index is -0.355. The molecule has 0 amide bonds. The van der Waals surface area contributed by atoms with E-state index in [4.69, 9.17) is 9.31 Å². The first-order valence-corrected chi connectivity index (χ1v) is 27.2. The van der Waals surface area contributed by atoms with E-state index in [9.17, 15) is 0 Å². The fourth-order valence-electron chi connectivity index (χ4n) is 7.88. The SMILES string of the molecule is Brc1csc2ccccc12.CC1(C)OB(c2cc[c-]c(-c3ccccn3)c2)OC1(C)C.[Ir].[Ir].[c-]1ccc(-c2csc3ccccc23)cc1-c1ccccn1.[c-]1ccccc1-c1ccccn1.[c-]1ccccc1-c1ccccn1. The van der Waals surface area contributed by atoms with Gasteiger partial charge in [-0.2, -0.15) is 0 Å². The van der Waals surface area contributed by atoms with Crippen LogP contribution in [0.25, 0.3) is 76.3 Å². The van der Waals surface area contributed by atoms with E-state index < -0.39 is 0 Å². The van der Waals surface area contributed by atoms with Gasteiger partial charge in [-0.15, -0.1) is 160 Å². The summed E-state index contributed by atoms with van der Waals surface area (Å²) in [7, 11) is -0.355. The third kappa shape index (κ3) is 15.7. The van der Waals surface area contributed by atoms with Crippen molar-refractivity contribution in [3.63, 3.8) is 0 Å². The van der Waals surface area contributed by atoms with Crippen LogP contribution >= 0.6 is 38.6 Å². The summed E-state index contributed by atoms with van der Waals surface area (Å²) >= 11 is 7.03. The van der Waals surface area contributed by atoms with Crippen molar-refractivity contribution in [1.29, 1.82) is 0 Å². The summed E-state index contributed by atoms with van der Waals surface area (Å²) in [6.45, 7) is 8.23. The molecule has 12 aromatic rings. The van der Waals surface area contributed by atoms with Gasteiger partial charge in [-0.05, 0) is 119 Å². The fourth-order valence-corrected chi connectivity index (χ4v) is 10.4. The van der Waals surface area contributed by atoms with Gasteiger partial charge in [0.25, 0.3) is 0 Å². The molecule has 1 aliphatic heterocycles. The Morgan fingerprint density at radius 3 is 1.31 bits per heavy atom. The van der Waals surface area contributed by atoms with Gasteiger partial charge in [-0.3, -0.25) is 0 Å². The van der Waals surface area contributed by atoms with Crippen LogP contribution in [-0.2, 0) is 49.5 Å². The molecule has 78 heavy (non-hydrogen) atoms. The van der Waals surface area contributed by atoms with Crippen molar-refractivity contribution in [2.24, 2.45) is 0 Å². The Balaban J connectivity index is 0.000000145. The minimum absolute atomic E-state index is 0. The molecular formula is C66H52BBrIr2N4O2S2-4. The molecule has 0 aliphatic carbocycles. The zero-order valence-corrected chi connectivity index (χ0v) is 51.1. The van der Waals surface area contributed by atoms with Gasteiger partial charge < -0.3 is 29.2 Å². The summed E-state index contributed by atoms with van der Waals surface area (Å²) in [4.78, 5) is 17.2. The molecule has 0 spiro atoms. The average molecular weight is 1470 g/mol. The third-order valence-electron chi connectivity index (χ3n) is 12.6. The molecule has 1 fully saturated rings. The molecule has 1 aliphatic rings. The van der Waals surface area contributed by atoms with Gasteiger partial charge >= 0.3 is 7.12 Å². The van der Waals surface area contributed by atoms with Crippen LogP contribution in [0.3, 0.4) is 0 Å². The Kier molecular flexibility index (Phi) is 22.0. The molecule has 7 heterocycles. The summed E-state index contributed by atoms with van der Waals surface area (Å²) in [6.07, 6.45) is 7.17. The van der Waals surface area contributed by atoms with Crippen LogP contribution in [0.5, 0.6) is 0 Å². The van der Waals surface area contributed by atoms with E-state index in [1.165, 1.54) is 35.8 Å². The number of rotatable bonds is 6. The van der Waals surface area contributed by atoms with E-state index in [2.05, 4.69) is 159 Å². The molecule has 392 valence electrons. The first kappa shape index (κ1) is 59.3. The number of pyridine rings is 4. The Labute approximate surface area is 502 Å². The van der Waals surface area contributed by atoms with E-state index in [-0.39, 0.29) is 58.5 Å². The molecule has 6 aromatic heterocycles. The molecule has 0 N–H and O–H groups in total. The standard InChI is InChI=1S/C19H12NS.C17H19BNO2.2C11H8N.C8H5BrS.2Ir/c1-2-10-19-16(8-1)17(13-21-19)14-6-5-7-15(12-14)18-9-3-4-11-20-18;1-16(2)17(3,4)21-18(20-16)14-9-7-8-13(12-14)15-10-5-6-11-19-15;2*1-2-6-10(7-3-1)11-8-4-5-9-12-11;9-7-5-10-8-4-2-1-3-6(7)8;;/h1-6,8-13H;5-7,9-12H,1-4H3;2*1-6,8-9H;1-5H;;/q4*-1;;;. The van der Waals surface area contributed by atoms with Crippen molar-refractivity contribution in [1.82, 2.24) is 19.9 Å². The maximum absolute atomic E-state index is 6.08. The second kappa shape index (κ2) is 29.0. The number of aromatic nitrogens is 4. The monoisotopic (exact) mass is 1470 g/mol. The second-order valence-corrected chi connectivity index (χ2v) is 20.9. The molecule has 13 rings (SSSR count). The van der Waals surface area contributed by atoms with Crippen LogP contribution in [0.4, 0.5) is 0 Å². The molecular weight excluding hydrogens is 1420 g/mol. The molecule has 6 aromatic carbocycles. The topological polar surface area (TPSA) is 70.0 Å².